The van der Waals surface area contributed by atoms with Crippen molar-refractivity contribution >= 4 is 38.7 Å². The molecule has 0 aliphatic rings. The van der Waals surface area contributed by atoms with E-state index in [9.17, 15) is 9.59 Å². The Kier molecular flexibility index (Phi) is 4.13. The van der Waals surface area contributed by atoms with E-state index in [1.807, 2.05) is 35.8 Å². The molecule has 0 fully saturated rings. The SMILES string of the molecule is Cc1c(Br)c2ccccc2n1CC(=O)N(C)CC(=O)O. The molecule has 0 saturated carbocycles. The maximum absolute atomic E-state index is 12.1. The second-order valence-electron chi connectivity index (χ2n) is 4.65. The second kappa shape index (κ2) is 5.66. The molecule has 0 radical (unpaired) electrons. The molecular weight excluding hydrogens is 324 g/mol. The van der Waals surface area contributed by atoms with Crippen molar-refractivity contribution in [3.05, 3.63) is 34.4 Å². The molecule has 1 amide bonds. The first-order valence-corrected chi connectivity index (χ1v) is 6.90. The minimum atomic E-state index is -1.02. The summed E-state index contributed by atoms with van der Waals surface area (Å²) < 4.78 is 2.85. The number of likely N-dealkylation sites (N-methyl/N-ethyl adjacent to an activating group) is 1. The Morgan fingerprint density at radius 3 is 2.65 bits per heavy atom. The van der Waals surface area contributed by atoms with Gasteiger partial charge in [-0.1, -0.05) is 18.2 Å². The number of para-hydroxylation sites is 1. The van der Waals surface area contributed by atoms with Crippen LogP contribution < -0.4 is 0 Å². The van der Waals surface area contributed by atoms with E-state index in [-0.39, 0.29) is 19.0 Å². The van der Waals surface area contributed by atoms with Crippen LogP contribution in [0.15, 0.2) is 28.7 Å². The summed E-state index contributed by atoms with van der Waals surface area (Å²) in [5, 5.41) is 9.76. The first-order valence-electron chi connectivity index (χ1n) is 6.11. The maximum atomic E-state index is 12.1. The van der Waals surface area contributed by atoms with Crippen LogP contribution in [0.25, 0.3) is 10.9 Å². The number of aromatic nitrogens is 1. The van der Waals surface area contributed by atoms with Gasteiger partial charge in [0.25, 0.3) is 0 Å². The number of halogens is 1. The summed E-state index contributed by atoms with van der Waals surface area (Å²) in [5.74, 6) is -1.25. The standard InChI is InChI=1S/C14H15BrN2O3/c1-9-14(15)10-5-3-4-6-11(10)17(9)7-12(18)16(2)8-13(19)20/h3-6H,7-8H2,1-2H3,(H,19,20). The van der Waals surface area contributed by atoms with E-state index in [1.165, 1.54) is 11.9 Å². The molecule has 2 aromatic rings. The largest absolute Gasteiger partial charge is 0.480 e. The van der Waals surface area contributed by atoms with Crippen LogP contribution in [0.1, 0.15) is 5.69 Å². The van der Waals surface area contributed by atoms with Crippen LogP contribution >= 0.6 is 15.9 Å². The Morgan fingerprint density at radius 2 is 2.00 bits per heavy atom. The summed E-state index contributed by atoms with van der Waals surface area (Å²) in [7, 11) is 1.49. The summed E-state index contributed by atoms with van der Waals surface area (Å²) in [6, 6.07) is 7.78. The van der Waals surface area contributed by atoms with Gasteiger partial charge in [0.15, 0.2) is 0 Å². The summed E-state index contributed by atoms with van der Waals surface area (Å²) in [5.41, 5.74) is 1.90. The molecular formula is C14H15BrN2O3. The Bertz CT molecular complexity index is 678. The lowest BCUT2D eigenvalue weighted by molar-refractivity contribution is -0.143. The van der Waals surface area contributed by atoms with E-state index in [4.69, 9.17) is 5.11 Å². The number of carboxylic acid groups (broad SMARTS) is 1. The molecule has 0 saturated heterocycles. The number of rotatable bonds is 4. The number of hydrogen-bond donors (Lipinski definition) is 1. The molecule has 1 N–H and O–H groups in total. The summed E-state index contributed by atoms with van der Waals surface area (Å²) in [6.07, 6.45) is 0. The zero-order valence-electron chi connectivity index (χ0n) is 11.3. The number of fused-ring (bicyclic) bond motifs is 1. The van der Waals surface area contributed by atoms with Gasteiger partial charge in [-0.3, -0.25) is 9.59 Å². The lowest BCUT2D eigenvalue weighted by atomic mass is 10.2. The van der Waals surface area contributed by atoms with Crippen LogP contribution in [-0.2, 0) is 16.1 Å². The van der Waals surface area contributed by atoms with E-state index in [1.54, 1.807) is 0 Å². The molecule has 20 heavy (non-hydrogen) atoms. The fraction of sp³-hybridized carbons (Fsp3) is 0.286. The van der Waals surface area contributed by atoms with E-state index >= 15 is 0 Å². The average molecular weight is 339 g/mol. The predicted octanol–water partition coefficient (Wildman–Crippen LogP) is 2.26. The first kappa shape index (κ1) is 14.6. The molecule has 0 bridgehead atoms. The molecule has 0 spiro atoms. The number of carbonyl (C=O) groups excluding carboxylic acids is 1. The zero-order chi connectivity index (χ0) is 14.9. The van der Waals surface area contributed by atoms with Crippen molar-refractivity contribution in [1.29, 1.82) is 0 Å². The van der Waals surface area contributed by atoms with Crippen molar-refractivity contribution in [2.75, 3.05) is 13.6 Å². The monoisotopic (exact) mass is 338 g/mol. The molecule has 0 atom stereocenters. The van der Waals surface area contributed by atoms with Gasteiger partial charge in [0.2, 0.25) is 5.91 Å². The highest BCUT2D eigenvalue weighted by Crippen LogP contribution is 2.30. The number of benzene rings is 1. The van der Waals surface area contributed by atoms with Gasteiger partial charge < -0.3 is 14.6 Å². The molecule has 0 unspecified atom stereocenters. The van der Waals surface area contributed by atoms with Gasteiger partial charge in [0.1, 0.15) is 13.1 Å². The van der Waals surface area contributed by atoms with Gasteiger partial charge in [-0.15, -0.1) is 0 Å². The van der Waals surface area contributed by atoms with E-state index in [2.05, 4.69) is 15.9 Å². The second-order valence-corrected chi connectivity index (χ2v) is 5.44. The Hall–Kier alpha value is -1.82. The van der Waals surface area contributed by atoms with Crippen LogP contribution in [0.2, 0.25) is 0 Å². The smallest absolute Gasteiger partial charge is 0.323 e. The predicted molar refractivity (Wildman–Crippen MR) is 79.6 cm³/mol. The number of carboxylic acids is 1. The number of nitrogens with zero attached hydrogens (tertiary/aromatic N) is 2. The van der Waals surface area contributed by atoms with Crippen molar-refractivity contribution in [3.8, 4) is 0 Å². The highest BCUT2D eigenvalue weighted by molar-refractivity contribution is 9.10. The molecule has 5 nitrogen and oxygen atoms in total. The molecule has 1 aromatic carbocycles. The van der Waals surface area contributed by atoms with Crippen LogP contribution in [0.3, 0.4) is 0 Å². The third-order valence-electron chi connectivity index (χ3n) is 3.25. The molecule has 1 aromatic heterocycles. The quantitative estimate of drug-likeness (QED) is 0.929. The normalized spacial score (nSPS) is 10.8. The third-order valence-corrected chi connectivity index (χ3v) is 4.25. The Morgan fingerprint density at radius 1 is 1.35 bits per heavy atom. The lowest BCUT2D eigenvalue weighted by Crippen LogP contribution is -2.34. The fourth-order valence-corrected chi connectivity index (χ4v) is 2.69. The molecule has 1 heterocycles. The van der Waals surface area contributed by atoms with Gasteiger partial charge in [-0.05, 0) is 28.9 Å². The van der Waals surface area contributed by atoms with Crippen molar-refractivity contribution in [3.63, 3.8) is 0 Å². The van der Waals surface area contributed by atoms with Crippen molar-refractivity contribution in [2.24, 2.45) is 0 Å². The van der Waals surface area contributed by atoms with Crippen LogP contribution in [0.4, 0.5) is 0 Å². The number of carbonyl (C=O) groups is 2. The summed E-state index contributed by atoms with van der Waals surface area (Å²) >= 11 is 3.53. The highest BCUT2D eigenvalue weighted by atomic mass is 79.9. The minimum absolute atomic E-state index is 0.127. The molecule has 106 valence electrons. The minimum Gasteiger partial charge on any atom is -0.480 e. The van der Waals surface area contributed by atoms with E-state index < -0.39 is 5.97 Å². The maximum Gasteiger partial charge on any atom is 0.323 e. The Balaban J connectivity index is 2.32. The summed E-state index contributed by atoms with van der Waals surface area (Å²) in [4.78, 5) is 23.9. The van der Waals surface area contributed by atoms with Crippen LogP contribution in [0.5, 0.6) is 0 Å². The van der Waals surface area contributed by atoms with Crippen LogP contribution in [-0.4, -0.2) is 40.0 Å². The molecule has 0 aliphatic carbocycles. The van der Waals surface area contributed by atoms with Gasteiger partial charge >= 0.3 is 5.97 Å². The van der Waals surface area contributed by atoms with Crippen molar-refractivity contribution in [2.45, 2.75) is 13.5 Å². The highest BCUT2D eigenvalue weighted by Gasteiger charge is 2.17. The molecule has 6 heteroatoms. The number of hydrogen-bond acceptors (Lipinski definition) is 2. The zero-order valence-corrected chi connectivity index (χ0v) is 12.8. The topological polar surface area (TPSA) is 62.5 Å². The van der Waals surface area contributed by atoms with E-state index in [0.717, 1.165) is 21.1 Å². The molecule has 2 rings (SSSR count). The van der Waals surface area contributed by atoms with Crippen molar-refractivity contribution in [1.82, 2.24) is 9.47 Å². The van der Waals surface area contributed by atoms with Gasteiger partial charge in [-0.2, -0.15) is 0 Å². The fourth-order valence-electron chi connectivity index (χ4n) is 2.14. The van der Waals surface area contributed by atoms with E-state index in [0.29, 0.717) is 0 Å². The number of amides is 1. The van der Waals surface area contributed by atoms with Gasteiger partial charge in [-0.25, -0.2) is 0 Å². The van der Waals surface area contributed by atoms with Gasteiger partial charge in [0.05, 0.1) is 0 Å². The average Bonchev–Trinajstić information content (AvgIpc) is 2.64. The van der Waals surface area contributed by atoms with Crippen LogP contribution in [0, 0.1) is 6.92 Å². The Labute approximate surface area is 124 Å². The number of aliphatic carboxylic acids is 1. The molecule has 0 aliphatic heterocycles. The summed E-state index contributed by atoms with van der Waals surface area (Å²) in [6.45, 7) is 1.76. The lowest BCUT2D eigenvalue weighted by Gasteiger charge is -2.16. The van der Waals surface area contributed by atoms with Crippen molar-refractivity contribution < 1.29 is 14.7 Å². The third kappa shape index (κ3) is 2.70. The van der Waals surface area contributed by atoms with Gasteiger partial charge in [0, 0.05) is 28.1 Å². The first-order chi connectivity index (χ1) is 9.41.